The van der Waals surface area contributed by atoms with Crippen molar-refractivity contribution in [2.75, 3.05) is 38.1 Å². The number of piperazine rings is 1. The number of benzene rings is 1. The lowest BCUT2D eigenvalue weighted by Crippen LogP contribution is -2.51. The molecule has 9 nitrogen and oxygen atoms in total. The summed E-state index contributed by atoms with van der Waals surface area (Å²) in [6, 6.07) is 7.63. The molecule has 6 rings (SSSR count). The van der Waals surface area contributed by atoms with Crippen LogP contribution in [0, 0.1) is 24.1 Å². The first kappa shape index (κ1) is 24.5. The maximum absolute atomic E-state index is 16.1. The number of fused-ring (bicyclic) bond motifs is 2. The van der Waals surface area contributed by atoms with Crippen molar-refractivity contribution in [3.05, 3.63) is 51.7 Å². The third-order valence-electron chi connectivity index (χ3n) is 8.20. The van der Waals surface area contributed by atoms with Gasteiger partial charge in [0.1, 0.15) is 28.8 Å². The lowest BCUT2D eigenvalue weighted by Gasteiger charge is -2.37. The van der Waals surface area contributed by atoms with Crippen LogP contribution in [0.25, 0.3) is 33.2 Å². The normalized spacial score (nSPS) is 20.4. The third kappa shape index (κ3) is 3.85. The van der Waals surface area contributed by atoms with Crippen LogP contribution in [0.5, 0.6) is 0 Å². The van der Waals surface area contributed by atoms with E-state index in [1.54, 1.807) is 10.8 Å². The molecule has 0 radical (unpaired) electrons. The van der Waals surface area contributed by atoms with Gasteiger partial charge in [0.15, 0.2) is 0 Å². The smallest absolute Gasteiger partial charge is 0.272 e. The highest BCUT2D eigenvalue weighted by molar-refractivity contribution is 5.99. The van der Waals surface area contributed by atoms with E-state index in [0.717, 1.165) is 35.9 Å². The van der Waals surface area contributed by atoms with Crippen molar-refractivity contribution in [3.63, 3.8) is 0 Å². The van der Waals surface area contributed by atoms with Crippen molar-refractivity contribution in [2.45, 2.75) is 45.3 Å². The molecule has 0 aliphatic carbocycles. The Morgan fingerprint density at radius 1 is 1.26 bits per heavy atom. The molecule has 1 aromatic carbocycles. The zero-order valence-corrected chi connectivity index (χ0v) is 21.9. The van der Waals surface area contributed by atoms with E-state index in [-0.39, 0.29) is 28.9 Å². The zero-order chi connectivity index (χ0) is 26.6. The number of rotatable bonds is 4. The van der Waals surface area contributed by atoms with E-state index in [1.165, 1.54) is 6.07 Å². The van der Waals surface area contributed by atoms with E-state index in [9.17, 15) is 10.1 Å². The van der Waals surface area contributed by atoms with Crippen LogP contribution in [0.2, 0.25) is 0 Å². The number of likely N-dealkylation sites (N-methyl/N-ethyl adjacent to an activating group) is 1. The number of nitrogens with one attached hydrogen (secondary N) is 2. The van der Waals surface area contributed by atoms with Gasteiger partial charge in [0.25, 0.3) is 5.56 Å². The van der Waals surface area contributed by atoms with Gasteiger partial charge in [0.05, 0.1) is 17.4 Å². The largest absolute Gasteiger partial charge is 0.364 e. The van der Waals surface area contributed by atoms with Gasteiger partial charge in [0, 0.05) is 54.6 Å². The lowest BCUT2D eigenvalue weighted by molar-refractivity contribution is 0.282. The van der Waals surface area contributed by atoms with Crippen LogP contribution in [-0.2, 0) is 6.54 Å². The lowest BCUT2D eigenvalue weighted by atomic mass is 9.99. The Labute approximate surface area is 219 Å². The Kier molecular flexibility index (Phi) is 6.13. The summed E-state index contributed by atoms with van der Waals surface area (Å²) in [5.74, 6) is -0.495. The SMILES string of the molecule is Cc1ccc2[nH]ncc2c1-c1nc2c(cc1F)c(N1CCNCC1C)c(C#N)c(=O)n2CC1CCCN1C. The number of hydrogen-bond acceptors (Lipinski definition) is 7. The molecule has 4 aromatic rings. The molecule has 2 aliphatic heterocycles. The van der Waals surface area contributed by atoms with Crippen molar-refractivity contribution in [2.24, 2.45) is 0 Å². The van der Waals surface area contributed by atoms with Crippen LogP contribution in [0.3, 0.4) is 0 Å². The van der Waals surface area contributed by atoms with Crippen molar-refractivity contribution >= 4 is 27.6 Å². The van der Waals surface area contributed by atoms with E-state index in [4.69, 9.17) is 4.98 Å². The molecule has 2 fully saturated rings. The molecule has 2 saturated heterocycles. The van der Waals surface area contributed by atoms with Gasteiger partial charge in [-0.05, 0) is 58.0 Å². The van der Waals surface area contributed by atoms with Gasteiger partial charge in [-0.15, -0.1) is 0 Å². The van der Waals surface area contributed by atoms with Crippen molar-refractivity contribution in [3.8, 4) is 17.3 Å². The Morgan fingerprint density at radius 3 is 2.84 bits per heavy atom. The number of aromatic amines is 1. The highest BCUT2D eigenvalue weighted by Gasteiger charge is 2.30. The second kappa shape index (κ2) is 9.49. The molecule has 2 unspecified atom stereocenters. The van der Waals surface area contributed by atoms with Crippen molar-refractivity contribution < 1.29 is 4.39 Å². The number of nitrogens with zero attached hydrogens (tertiary/aromatic N) is 6. The van der Waals surface area contributed by atoms with Crippen LogP contribution >= 0.6 is 0 Å². The fourth-order valence-electron chi connectivity index (χ4n) is 6.10. The number of halogens is 1. The fourth-order valence-corrected chi connectivity index (χ4v) is 6.10. The minimum absolute atomic E-state index is 0.0277. The second-order valence-electron chi connectivity index (χ2n) is 10.6. The average molecular weight is 515 g/mol. The maximum atomic E-state index is 16.1. The molecule has 0 saturated carbocycles. The minimum atomic E-state index is -0.495. The second-order valence-corrected chi connectivity index (χ2v) is 10.6. The molecule has 10 heteroatoms. The number of pyridine rings is 2. The monoisotopic (exact) mass is 514 g/mol. The molecule has 0 amide bonds. The van der Waals surface area contributed by atoms with Gasteiger partial charge < -0.3 is 15.1 Å². The number of likely N-dealkylation sites (tertiary alicyclic amines) is 1. The Hall–Kier alpha value is -3.81. The number of H-pyrrole nitrogens is 1. The van der Waals surface area contributed by atoms with Crippen LogP contribution in [-0.4, -0.2) is 70.0 Å². The number of anilines is 1. The Balaban J connectivity index is 1.68. The highest BCUT2D eigenvalue weighted by atomic mass is 19.1. The summed E-state index contributed by atoms with van der Waals surface area (Å²) in [5, 5.41) is 21.9. The summed E-state index contributed by atoms with van der Waals surface area (Å²) in [7, 11) is 2.05. The molecule has 5 heterocycles. The van der Waals surface area contributed by atoms with Gasteiger partial charge in [-0.3, -0.25) is 14.5 Å². The van der Waals surface area contributed by atoms with E-state index >= 15 is 4.39 Å². The molecule has 2 N–H and O–H groups in total. The molecule has 38 heavy (non-hydrogen) atoms. The summed E-state index contributed by atoms with van der Waals surface area (Å²) in [6.45, 7) is 7.33. The molecular weight excluding hydrogens is 483 g/mol. The summed E-state index contributed by atoms with van der Waals surface area (Å²) >= 11 is 0. The molecule has 3 aromatic heterocycles. The fraction of sp³-hybridized carbons (Fsp3) is 0.429. The zero-order valence-electron chi connectivity index (χ0n) is 21.9. The maximum Gasteiger partial charge on any atom is 0.272 e. The van der Waals surface area contributed by atoms with Crippen molar-refractivity contribution in [1.29, 1.82) is 5.26 Å². The van der Waals surface area contributed by atoms with Crippen LogP contribution in [0.1, 0.15) is 30.9 Å². The molecule has 196 valence electrons. The number of aromatic nitrogens is 4. The first-order valence-electron chi connectivity index (χ1n) is 13.2. The van der Waals surface area contributed by atoms with E-state index in [0.29, 0.717) is 48.5 Å². The summed E-state index contributed by atoms with van der Waals surface area (Å²) in [6.07, 6.45) is 3.67. The Bertz CT molecular complexity index is 1650. The third-order valence-corrected chi connectivity index (χ3v) is 8.20. The average Bonchev–Trinajstić information content (AvgIpc) is 3.55. The first-order chi connectivity index (χ1) is 18.4. The van der Waals surface area contributed by atoms with Gasteiger partial charge in [-0.25, -0.2) is 9.37 Å². The van der Waals surface area contributed by atoms with Crippen LogP contribution in [0.15, 0.2) is 29.2 Å². The van der Waals surface area contributed by atoms with E-state index in [2.05, 4.69) is 26.5 Å². The summed E-state index contributed by atoms with van der Waals surface area (Å²) in [5.41, 5.74) is 3.04. The van der Waals surface area contributed by atoms with E-state index in [1.807, 2.05) is 37.9 Å². The predicted molar refractivity (Wildman–Crippen MR) is 146 cm³/mol. The van der Waals surface area contributed by atoms with Crippen LogP contribution in [0.4, 0.5) is 10.1 Å². The van der Waals surface area contributed by atoms with Gasteiger partial charge in [-0.2, -0.15) is 10.4 Å². The molecule has 0 spiro atoms. The Morgan fingerprint density at radius 2 is 2.11 bits per heavy atom. The highest BCUT2D eigenvalue weighted by Crippen LogP contribution is 2.37. The summed E-state index contributed by atoms with van der Waals surface area (Å²) < 4.78 is 17.7. The quantitative estimate of drug-likeness (QED) is 0.431. The number of hydrogen-bond donors (Lipinski definition) is 2. The standard InChI is InChI=1S/C28H31FN8O/c1-16-6-7-23-21(14-32-34-23)24(16)25-22(29)11-19-26(36-10-8-31-13-17(36)2)20(12-30)28(38)37(27(19)33-25)15-18-5-4-9-35(18)3/h6-7,11,14,17-18,31H,4-5,8-10,13,15H2,1-3H3,(H,32,34). The molecule has 0 bridgehead atoms. The molecule has 2 atom stereocenters. The van der Waals surface area contributed by atoms with Gasteiger partial charge in [-0.1, -0.05) is 6.07 Å². The van der Waals surface area contributed by atoms with Gasteiger partial charge in [0.2, 0.25) is 0 Å². The minimum Gasteiger partial charge on any atom is -0.364 e. The van der Waals surface area contributed by atoms with Crippen molar-refractivity contribution in [1.82, 2.24) is 30.0 Å². The topological polar surface area (TPSA) is 106 Å². The van der Waals surface area contributed by atoms with Crippen LogP contribution < -0.4 is 15.8 Å². The number of nitriles is 1. The molecular formula is C28H31FN8O. The summed E-state index contributed by atoms with van der Waals surface area (Å²) in [4.78, 5) is 23.2. The predicted octanol–water partition coefficient (Wildman–Crippen LogP) is 3.15. The number of aryl methyl sites for hydroxylation is 1. The van der Waals surface area contributed by atoms with E-state index < -0.39 is 5.82 Å². The van der Waals surface area contributed by atoms with Gasteiger partial charge >= 0.3 is 0 Å². The molecule has 2 aliphatic rings. The first-order valence-corrected chi connectivity index (χ1v) is 13.2.